The van der Waals surface area contributed by atoms with Crippen LogP contribution in [0, 0.1) is 20.6 Å². The summed E-state index contributed by atoms with van der Waals surface area (Å²) in [5.74, 6) is 6.21. The fourth-order valence-corrected chi connectivity index (χ4v) is 7.48. The highest BCUT2D eigenvalue weighted by molar-refractivity contribution is 5.44. The van der Waals surface area contributed by atoms with Gasteiger partial charge in [-0.1, -0.05) is 67.4 Å². The molecule has 75 heavy (non-hydrogen) atoms. The van der Waals surface area contributed by atoms with Gasteiger partial charge in [0.05, 0.1) is 61.5 Å². The summed E-state index contributed by atoms with van der Waals surface area (Å²) in [6.07, 6.45) is 6.58. The zero-order valence-electron chi connectivity index (χ0n) is 50.8. The molecule has 1 heterocycles. The molecule has 1 fully saturated rings. The topological polar surface area (TPSA) is 162 Å². The second-order valence-corrected chi connectivity index (χ2v) is 17.7. The number of benzene rings is 6. The Morgan fingerprint density at radius 1 is 0.493 bits per heavy atom. The van der Waals surface area contributed by atoms with Crippen LogP contribution in [0.25, 0.3) is 0 Å². The maximum atomic E-state index is 10.1. The molecule has 0 spiro atoms. The fraction of sp³-hybridized carbons (Fsp3) is 0.419. The first-order valence-electron chi connectivity index (χ1n) is 28.3. The lowest BCUT2D eigenvalue weighted by molar-refractivity contribution is 0.0976. The van der Waals surface area contributed by atoms with E-state index in [0.29, 0.717) is 66.6 Å². The summed E-state index contributed by atoms with van der Waals surface area (Å²) in [5, 5.41) is 20.2. The minimum atomic E-state index is -2.16. The van der Waals surface area contributed by atoms with Crippen molar-refractivity contribution in [2.45, 2.75) is 96.7 Å². The van der Waals surface area contributed by atoms with E-state index < -0.39 is 25.9 Å². The van der Waals surface area contributed by atoms with E-state index in [1.807, 2.05) is 72.8 Å². The van der Waals surface area contributed by atoms with Gasteiger partial charge in [-0.2, -0.15) is 0 Å². The van der Waals surface area contributed by atoms with Gasteiger partial charge in [-0.3, -0.25) is 0 Å². The van der Waals surface area contributed by atoms with E-state index in [9.17, 15) is 10.2 Å². The molecular weight excluding hydrogens is 951 g/mol. The van der Waals surface area contributed by atoms with Gasteiger partial charge >= 0.3 is 0 Å². The number of aliphatic hydroxyl groups excluding tert-OH is 2. The van der Waals surface area contributed by atoms with Gasteiger partial charge in [0.15, 0.2) is 34.5 Å². The Balaban J connectivity index is 0.000000248. The summed E-state index contributed by atoms with van der Waals surface area (Å²) >= 11 is 0. The third-order valence-corrected chi connectivity index (χ3v) is 11.7. The summed E-state index contributed by atoms with van der Waals surface area (Å²) < 4.78 is 97.6. The van der Waals surface area contributed by atoms with Gasteiger partial charge in [0.1, 0.15) is 43.2 Å². The van der Waals surface area contributed by atoms with Gasteiger partial charge in [0.25, 0.3) is 0 Å². The normalized spacial score (nSPS) is 14.4. The van der Waals surface area contributed by atoms with E-state index in [-0.39, 0.29) is 24.3 Å². The number of unbranched alkanes of at least 4 members (excludes halogenated alkanes) is 2. The van der Waals surface area contributed by atoms with Crippen molar-refractivity contribution in [3.05, 3.63) is 161 Å². The van der Waals surface area contributed by atoms with Crippen LogP contribution in [0.2, 0.25) is 0 Å². The van der Waals surface area contributed by atoms with Crippen molar-refractivity contribution >= 4 is 0 Å². The minimum absolute atomic E-state index is 0.140. The van der Waals surface area contributed by atoms with E-state index in [1.165, 1.54) is 23.3 Å². The minimum Gasteiger partial charge on any atom is -0.493 e. The number of ether oxygens (including phenoxy) is 10. The van der Waals surface area contributed by atoms with Crippen LogP contribution in [-0.2, 0) is 24.0 Å². The molecule has 3 atom stereocenters. The van der Waals surface area contributed by atoms with Gasteiger partial charge in [-0.15, -0.1) is 0 Å². The molecule has 0 bridgehead atoms. The molecular formula is C62H83NO12. The quantitative estimate of drug-likeness (QED) is 0.0330. The molecule has 0 aliphatic carbocycles. The van der Waals surface area contributed by atoms with Crippen molar-refractivity contribution in [3.8, 4) is 51.7 Å². The largest absolute Gasteiger partial charge is 0.493 e. The van der Waals surface area contributed by atoms with Crippen molar-refractivity contribution in [2.75, 3.05) is 75.6 Å². The second-order valence-electron chi connectivity index (χ2n) is 17.7. The van der Waals surface area contributed by atoms with Crippen molar-refractivity contribution in [1.82, 2.24) is 0 Å². The SMILES string of the molecule is COc1ccc(CCN)cc1OC.Cc1cccc(OCC2CO2)c1.[2H]C([2H])([2H])c1cccc(OCC(O)CCCCc2ccc(OC)c(OC)c2)c1.[2H]C([2H])([2H])c1cccc(OCC(O)CCCCc2ccc(OC)c(OC)c2)c1. The Hall–Kier alpha value is -6.64. The Kier molecular flexibility index (Phi) is 24.0. The lowest BCUT2D eigenvalue weighted by Gasteiger charge is -2.13. The van der Waals surface area contributed by atoms with Crippen molar-refractivity contribution in [2.24, 2.45) is 5.73 Å². The van der Waals surface area contributed by atoms with Crippen molar-refractivity contribution in [3.63, 3.8) is 0 Å². The maximum absolute atomic E-state index is 10.1. The number of methoxy groups -OCH3 is 6. The molecule has 7 rings (SSSR count). The van der Waals surface area contributed by atoms with Gasteiger partial charge in [-0.25, -0.2) is 0 Å². The van der Waals surface area contributed by atoms with Crippen LogP contribution in [0.15, 0.2) is 127 Å². The van der Waals surface area contributed by atoms with Crippen molar-refractivity contribution < 1.29 is 65.8 Å². The number of epoxide rings is 1. The lowest BCUT2D eigenvalue weighted by Crippen LogP contribution is -2.17. The zero-order valence-corrected chi connectivity index (χ0v) is 44.8. The molecule has 3 unspecified atom stereocenters. The van der Waals surface area contributed by atoms with Gasteiger partial charge in [0, 0.05) is 8.22 Å². The molecule has 6 aromatic carbocycles. The first-order valence-corrected chi connectivity index (χ1v) is 25.3. The molecule has 0 amide bonds. The third-order valence-electron chi connectivity index (χ3n) is 11.7. The van der Waals surface area contributed by atoms with E-state index in [1.54, 1.807) is 79.1 Å². The average Bonchev–Trinajstić information content (AvgIpc) is 4.31. The van der Waals surface area contributed by atoms with E-state index in [4.69, 9.17) is 61.3 Å². The summed E-state index contributed by atoms with van der Waals surface area (Å²) in [6, 6.07) is 38.4. The Bertz CT molecular complexity index is 2610. The van der Waals surface area contributed by atoms with Crippen LogP contribution >= 0.6 is 0 Å². The standard InChI is InChI=1S/2C21H28O4.C10H15NO2.C10H12O2/c2*1-16-7-6-10-19(13-16)25-15-18(22)9-5-4-8-17-11-12-20(23-2)21(14-17)24-3;1-12-9-4-3-8(5-6-11)7-10(9)13-2;1-8-3-2-4-9(5-8)11-6-10-7-12-10/h2*6-7,10-14,18,22H,4-5,8-9,15H2,1-3H3;3-4,7H,5-6,11H2,1-2H3;2-5,10H,6-7H2,1H3/i2*1D3;;. The highest BCUT2D eigenvalue weighted by Gasteiger charge is 2.23. The highest BCUT2D eigenvalue weighted by Crippen LogP contribution is 2.30. The van der Waals surface area contributed by atoms with Crippen LogP contribution in [-0.4, -0.2) is 104 Å². The number of rotatable bonds is 27. The summed E-state index contributed by atoms with van der Waals surface area (Å²) in [4.78, 5) is 0. The second kappa shape index (κ2) is 34.8. The number of aliphatic hydroxyl groups is 2. The van der Waals surface area contributed by atoms with Crippen molar-refractivity contribution in [1.29, 1.82) is 0 Å². The molecule has 1 aliphatic rings. The smallest absolute Gasteiger partial charge is 0.160 e. The Morgan fingerprint density at radius 2 is 0.867 bits per heavy atom. The van der Waals surface area contributed by atoms with Crippen LogP contribution in [0.4, 0.5) is 0 Å². The molecule has 6 aromatic rings. The molecule has 1 saturated heterocycles. The first-order chi connectivity index (χ1) is 38.8. The summed E-state index contributed by atoms with van der Waals surface area (Å²) in [7, 11) is 9.71. The van der Waals surface area contributed by atoms with Gasteiger partial charge in [-0.05, 0) is 178 Å². The molecule has 13 nitrogen and oxygen atoms in total. The summed E-state index contributed by atoms with van der Waals surface area (Å²) in [5.41, 5.74) is 10.6. The lowest BCUT2D eigenvalue weighted by atomic mass is 10.0. The highest BCUT2D eigenvalue weighted by atomic mass is 16.6. The molecule has 0 aromatic heterocycles. The fourth-order valence-electron chi connectivity index (χ4n) is 7.48. The monoisotopic (exact) mass is 1040 g/mol. The molecule has 0 saturated carbocycles. The average molecular weight is 1040 g/mol. The predicted octanol–water partition coefficient (Wildman–Crippen LogP) is 11.3. The van der Waals surface area contributed by atoms with E-state index in [0.717, 1.165) is 79.9 Å². The Morgan fingerprint density at radius 3 is 1.23 bits per heavy atom. The molecule has 13 heteroatoms. The Labute approximate surface area is 455 Å². The molecule has 408 valence electrons. The number of hydrogen-bond donors (Lipinski definition) is 3. The number of hydrogen-bond acceptors (Lipinski definition) is 13. The molecule has 0 radical (unpaired) electrons. The molecule has 4 N–H and O–H groups in total. The van der Waals surface area contributed by atoms with Crippen LogP contribution in [0.3, 0.4) is 0 Å². The van der Waals surface area contributed by atoms with Crippen LogP contribution in [0.1, 0.15) is 80.1 Å². The third kappa shape index (κ3) is 24.1. The van der Waals surface area contributed by atoms with E-state index in [2.05, 4.69) is 13.0 Å². The molecule has 1 aliphatic heterocycles. The van der Waals surface area contributed by atoms with Gasteiger partial charge in [0.2, 0.25) is 0 Å². The van der Waals surface area contributed by atoms with E-state index >= 15 is 0 Å². The van der Waals surface area contributed by atoms with Gasteiger partial charge < -0.3 is 63.3 Å². The van der Waals surface area contributed by atoms with Crippen LogP contribution < -0.4 is 48.4 Å². The number of aryl methyl sites for hydroxylation is 5. The van der Waals surface area contributed by atoms with Crippen LogP contribution in [0.5, 0.6) is 51.7 Å². The summed E-state index contributed by atoms with van der Waals surface area (Å²) in [6.45, 7) is 0.192. The maximum Gasteiger partial charge on any atom is 0.160 e. The first kappa shape index (κ1) is 51.8. The number of nitrogens with two attached hydrogens (primary N) is 1. The zero-order chi connectivity index (χ0) is 59.2. The predicted molar refractivity (Wildman–Crippen MR) is 298 cm³/mol.